The quantitative estimate of drug-likeness (QED) is 0.473. The topological polar surface area (TPSA) is 87.3 Å². The van der Waals surface area contributed by atoms with E-state index in [0.29, 0.717) is 17.1 Å². The zero-order valence-electron chi connectivity index (χ0n) is 18.2. The minimum atomic E-state index is -0.671. The van der Waals surface area contributed by atoms with Crippen LogP contribution >= 0.6 is 0 Å². The van der Waals surface area contributed by atoms with Crippen molar-refractivity contribution in [2.75, 3.05) is 16.8 Å². The average molecular weight is 441 g/mol. The van der Waals surface area contributed by atoms with Gasteiger partial charge in [0.25, 0.3) is 5.91 Å². The van der Waals surface area contributed by atoms with E-state index in [0.717, 1.165) is 35.3 Å². The Hall–Kier alpha value is -4.13. The highest BCUT2D eigenvalue weighted by Crippen LogP contribution is 2.33. The Morgan fingerprint density at radius 3 is 2.64 bits per heavy atom. The Labute approximate surface area is 191 Å². The molecule has 0 bridgehead atoms. The zero-order valence-corrected chi connectivity index (χ0v) is 18.2. The number of aryl methyl sites for hydroxylation is 2. The van der Waals surface area contributed by atoms with Crippen LogP contribution in [0.5, 0.6) is 5.75 Å². The second-order valence-electron chi connectivity index (χ2n) is 8.08. The lowest BCUT2D eigenvalue weighted by atomic mass is 10.1. The normalized spacial score (nSPS) is 14.0. The second-order valence-corrected chi connectivity index (χ2v) is 8.08. The number of hydrogen-bond acceptors (Lipinski definition) is 4. The number of carbonyl (C=O) groups is 2. The Balaban J connectivity index is 1.22. The van der Waals surface area contributed by atoms with Crippen molar-refractivity contribution < 1.29 is 14.3 Å². The minimum absolute atomic E-state index is 0.0748. The zero-order chi connectivity index (χ0) is 22.8. The maximum atomic E-state index is 12.9. The van der Waals surface area contributed by atoms with Crippen LogP contribution in [0.2, 0.25) is 0 Å². The predicted octanol–water partition coefficient (Wildman–Crippen LogP) is 4.10. The predicted molar refractivity (Wildman–Crippen MR) is 127 cm³/mol. The molecule has 1 atom stereocenters. The molecule has 2 heterocycles. The van der Waals surface area contributed by atoms with Gasteiger partial charge in [0, 0.05) is 12.1 Å². The number of para-hydroxylation sites is 4. The van der Waals surface area contributed by atoms with Gasteiger partial charge < -0.3 is 15.0 Å². The molecule has 3 aromatic carbocycles. The largest absolute Gasteiger partial charge is 0.482 e. The monoisotopic (exact) mass is 440 g/mol. The van der Waals surface area contributed by atoms with Gasteiger partial charge in [-0.3, -0.25) is 14.5 Å². The van der Waals surface area contributed by atoms with Crippen LogP contribution in [0.15, 0.2) is 72.8 Å². The minimum Gasteiger partial charge on any atom is -0.482 e. The molecule has 0 saturated heterocycles. The summed E-state index contributed by atoms with van der Waals surface area (Å²) in [7, 11) is 0. The molecule has 0 saturated carbocycles. The van der Waals surface area contributed by atoms with Crippen molar-refractivity contribution in [2.45, 2.75) is 25.8 Å². The first-order valence-corrected chi connectivity index (χ1v) is 11.0. The van der Waals surface area contributed by atoms with E-state index < -0.39 is 6.04 Å². The van der Waals surface area contributed by atoms with E-state index in [1.54, 1.807) is 19.1 Å². The van der Waals surface area contributed by atoms with E-state index in [-0.39, 0.29) is 18.4 Å². The number of anilines is 2. The first kappa shape index (κ1) is 20.8. The molecule has 1 aliphatic heterocycles. The number of aromatic nitrogens is 2. The summed E-state index contributed by atoms with van der Waals surface area (Å²) in [5.74, 6) is 1.07. The van der Waals surface area contributed by atoms with Gasteiger partial charge in [0.15, 0.2) is 6.61 Å². The molecule has 0 radical (unpaired) electrons. The summed E-state index contributed by atoms with van der Waals surface area (Å²) in [6, 6.07) is 22.3. The number of benzene rings is 3. The smallest absolute Gasteiger partial charge is 0.265 e. The van der Waals surface area contributed by atoms with E-state index in [1.165, 1.54) is 4.90 Å². The van der Waals surface area contributed by atoms with Gasteiger partial charge in [0.1, 0.15) is 17.6 Å². The van der Waals surface area contributed by atoms with Gasteiger partial charge in [0.05, 0.1) is 16.7 Å². The number of H-pyrrole nitrogens is 1. The second kappa shape index (κ2) is 8.78. The molecule has 166 valence electrons. The third-order valence-electron chi connectivity index (χ3n) is 5.82. The lowest BCUT2D eigenvalue weighted by molar-refractivity contribution is -0.125. The van der Waals surface area contributed by atoms with E-state index in [1.807, 2.05) is 60.7 Å². The molecule has 7 heteroatoms. The highest BCUT2D eigenvalue weighted by Gasteiger charge is 2.32. The maximum absolute atomic E-state index is 12.9. The fourth-order valence-electron chi connectivity index (χ4n) is 4.05. The van der Waals surface area contributed by atoms with Gasteiger partial charge >= 0.3 is 0 Å². The number of imidazole rings is 1. The number of carbonyl (C=O) groups excluding carboxylic acids is 2. The van der Waals surface area contributed by atoms with E-state index in [2.05, 4.69) is 15.3 Å². The van der Waals surface area contributed by atoms with E-state index in [9.17, 15) is 9.59 Å². The van der Waals surface area contributed by atoms with Crippen LogP contribution in [0, 0.1) is 0 Å². The van der Waals surface area contributed by atoms with Gasteiger partial charge in [-0.2, -0.15) is 0 Å². The SMILES string of the molecule is C[C@H](C(=O)Nc1ccc(CCc2nc3ccccc3[nH]2)cc1)N1C(=O)COc2ccccc21. The third kappa shape index (κ3) is 4.30. The molecule has 0 fully saturated rings. The lowest BCUT2D eigenvalue weighted by Gasteiger charge is -2.33. The fourth-order valence-corrected chi connectivity index (χ4v) is 4.05. The molecule has 0 aliphatic carbocycles. The molecule has 0 spiro atoms. The fraction of sp³-hybridized carbons (Fsp3) is 0.192. The summed E-state index contributed by atoms with van der Waals surface area (Å²) >= 11 is 0. The summed E-state index contributed by atoms with van der Waals surface area (Å²) < 4.78 is 5.47. The summed E-state index contributed by atoms with van der Waals surface area (Å²) in [6.45, 7) is 1.64. The number of fused-ring (bicyclic) bond motifs is 2. The number of rotatable bonds is 6. The number of aromatic amines is 1. The van der Waals surface area contributed by atoms with Crippen LogP contribution in [0.25, 0.3) is 11.0 Å². The van der Waals surface area contributed by atoms with E-state index in [4.69, 9.17) is 4.74 Å². The van der Waals surface area contributed by atoms with Crippen molar-refractivity contribution in [3.63, 3.8) is 0 Å². The number of nitrogens with zero attached hydrogens (tertiary/aromatic N) is 2. The van der Waals surface area contributed by atoms with Crippen molar-refractivity contribution in [3.8, 4) is 5.75 Å². The standard InChI is InChI=1S/C26H24N4O3/c1-17(30-22-8-4-5-9-23(22)33-16-25(30)31)26(32)27-19-13-10-18(11-14-19)12-15-24-28-20-6-2-3-7-21(20)29-24/h2-11,13-14,17H,12,15-16H2,1H3,(H,27,32)(H,28,29)/t17-/m1/s1. The van der Waals surface area contributed by atoms with Gasteiger partial charge in [-0.15, -0.1) is 0 Å². The first-order valence-electron chi connectivity index (χ1n) is 11.0. The number of amides is 2. The molecular weight excluding hydrogens is 416 g/mol. The molecule has 0 unspecified atom stereocenters. The van der Waals surface area contributed by atoms with Crippen molar-refractivity contribution >= 4 is 34.2 Å². The van der Waals surface area contributed by atoms with Crippen molar-refractivity contribution in [3.05, 3.63) is 84.2 Å². The van der Waals surface area contributed by atoms with Crippen LogP contribution in [0.1, 0.15) is 18.3 Å². The van der Waals surface area contributed by atoms with Crippen LogP contribution in [0.3, 0.4) is 0 Å². The van der Waals surface area contributed by atoms with Crippen LogP contribution < -0.4 is 15.0 Å². The highest BCUT2D eigenvalue weighted by molar-refractivity contribution is 6.06. The summed E-state index contributed by atoms with van der Waals surface area (Å²) in [4.78, 5) is 34.8. The van der Waals surface area contributed by atoms with Crippen molar-refractivity contribution in [1.29, 1.82) is 0 Å². The Morgan fingerprint density at radius 2 is 1.82 bits per heavy atom. The molecule has 1 aromatic heterocycles. The van der Waals surface area contributed by atoms with Gasteiger partial charge in [-0.25, -0.2) is 4.98 Å². The summed E-state index contributed by atoms with van der Waals surface area (Å²) in [5.41, 5.74) is 4.46. The molecule has 5 rings (SSSR count). The Morgan fingerprint density at radius 1 is 1.06 bits per heavy atom. The number of ether oxygens (including phenoxy) is 1. The first-order chi connectivity index (χ1) is 16.1. The van der Waals surface area contributed by atoms with Gasteiger partial charge in [-0.1, -0.05) is 36.4 Å². The number of hydrogen-bond donors (Lipinski definition) is 2. The maximum Gasteiger partial charge on any atom is 0.265 e. The molecule has 33 heavy (non-hydrogen) atoms. The van der Waals surface area contributed by atoms with Crippen LogP contribution in [-0.4, -0.2) is 34.4 Å². The van der Waals surface area contributed by atoms with Crippen molar-refractivity contribution in [2.24, 2.45) is 0 Å². The van der Waals surface area contributed by atoms with Crippen LogP contribution in [-0.2, 0) is 22.4 Å². The molecule has 2 N–H and O–H groups in total. The van der Waals surface area contributed by atoms with E-state index >= 15 is 0 Å². The molecule has 4 aromatic rings. The lowest BCUT2D eigenvalue weighted by Crippen LogP contribution is -2.49. The third-order valence-corrected chi connectivity index (χ3v) is 5.82. The molecule has 7 nitrogen and oxygen atoms in total. The van der Waals surface area contributed by atoms with Gasteiger partial charge in [0.2, 0.25) is 5.91 Å². The van der Waals surface area contributed by atoms with Gasteiger partial charge in [-0.05, 0) is 55.3 Å². The van der Waals surface area contributed by atoms with Crippen LogP contribution in [0.4, 0.5) is 11.4 Å². The molecular formula is C26H24N4O3. The molecule has 2 amide bonds. The van der Waals surface area contributed by atoms with Crippen molar-refractivity contribution in [1.82, 2.24) is 9.97 Å². The molecule has 1 aliphatic rings. The Bertz CT molecular complexity index is 1280. The number of nitrogens with one attached hydrogen (secondary N) is 2. The highest BCUT2D eigenvalue weighted by atomic mass is 16.5. The summed E-state index contributed by atoms with van der Waals surface area (Å²) in [6.07, 6.45) is 1.64. The summed E-state index contributed by atoms with van der Waals surface area (Å²) in [5, 5.41) is 2.92. The Kier molecular flexibility index (Phi) is 5.52. The average Bonchev–Trinajstić information content (AvgIpc) is 3.26.